The van der Waals surface area contributed by atoms with E-state index in [2.05, 4.69) is 158 Å². The summed E-state index contributed by atoms with van der Waals surface area (Å²) in [5.74, 6) is -0.380. The van der Waals surface area contributed by atoms with Gasteiger partial charge in [-0.25, -0.2) is 4.79 Å². The Morgan fingerprint density at radius 2 is 1.00 bits per heavy atom. The van der Waals surface area contributed by atoms with E-state index in [1.807, 2.05) is 0 Å². The van der Waals surface area contributed by atoms with Crippen LogP contribution in [0, 0.1) is 20.8 Å². The first-order valence-corrected chi connectivity index (χ1v) is 14.7. The molecule has 0 unspecified atom stereocenters. The van der Waals surface area contributed by atoms with Gasteiger partial charge in [0.15, 0.2) is 0 Å². The molecule has 0 aliphatic carbocycles. The van der Waals surface area contributed by atoms with Gasteiger partial charge < -0.3 is 14.5 Å². The highest BCUT2D eigenvalue weighted by atomic mass is 16.5. The van der Waals surface area contributed by atoms with Crippen molar-refractivity contribution in [3.05, 3.63) is 156 Å². The molecule has 5 rings (SSSR count). The molecule has 4 nitrogen and oxygen atoms in total. The molecule has 0 atom stereocenters. The van der Waals surface area contributed by atoms with Crippen LogP contribution in [0.1, 0.15) is 28.7 Å². The monoisotopic (exact) mass is 566 g/mol. The molecule has 0 aromatic heterocycles. The van der Waals surface area contributed by atoms with Gasteiger partial charge in [-0.05, 0) is 106 Å². The lowest BCUT2D eigenvalue weighted by molar-refractivity contribution is -0.137. The maximum absolute atomic E-state index is 11.3. The Balaban J connectivity index is 1.51. The van der Waals surface area contributed by atoms with Crippen molar-refractivity contribution >= 4 is 40.1 Å². The molecule has 0 radical (unpaired) electrons. The smallest absolute Gasteiger partial charge is 0.330 e. The fraction of sp³-hybridized carbons (Fsp3) is 0.154. The highest BCUT2D eigenvalue weighted by Gasteiger charge is 2.17. The number of hydrogen-bond donors (Lipinski definition) is 0. The minimum Gasteiger partial charge on any atom is -0.463 e. The Bertz CT molecular complexity index is 1610. The van der Waals surface area contributed by atoms with Crippen molar-refractivity contribution in [1.29, 1.82) is 0 Å². The molecule has 0 aliphatic rings. The van der Waals surface area contributed by atoms with E-state index in [4.69, 9.17) is 4.74 Å². The third kappa shape index (κ3) is 7.41. The highest BCUT2D eigenvalue weighted by Crippen LogP contribution is 2.40. The number of anilines is 6. The Hall–Kier alpha value is -5.09. The van der Waals surface area contributed by atoms with Gasteiger partial charge >= 0.3 is 5.97 Å². The summed E-state index contributed by atoms with van der Waals surface area (Å²) in [4.78, 5) is 15.9. The molecule has 43 heavy (non-hydrogen) atoms. The van der Waals surface area contributed by atoms with Crippen LogP contribution in [0.2, 0.25) is 0 Å². The summed E-state index contributed by atoms with van der Waals surface area (Å²) in [6.07, 6.45) is 2.79. The summed E-state index contributed by atoms with van der Waals surface area (Å²) >= 11 is 0. The van der Waals surface area contributed by atoms with Gasteiger partial charge in [0, 0.05) is 40.2 Å². The molecule has 0 saturated heterocycles. The third-order valence-corrected chi connectivity index (χ3v) is 7.44. The van der Waals surface area contributed by atoms with Crippen LogP contribution >= 0.6 is 0 Å². The average molecular weight is 567 g/mol. The van der Waals surface area contributed by atoms with E-state index in [9.17, 15) is 4.79 Å². The lowest BCUT2D eigenvalue weighted by Crippen LogP contribution is -2.13. The molecule has 216 valence electrons. The Labute approximate surface area is 255 Å². The zero-order chi connectivity index (χ0) is 30.2. The van der Waals surface area contributed by atoms with Crippen LogP contribution in [-0.2, 0) is 16.0 Å². The molecule has 0 N–H and O–H groups in total. The summed E-state index contributed by atoms with van der Waals surface area (Å²) in [6, 6.07) is 43.3. The molecular weight excluding hydrogens is 528 g/mol. The number of nitrogens with zero attached hydrogens (tertiary/aromatic N) is 2. The first kappa shape index (κ1) is 29.4. The number of benzene rings is 5. The van der Waals surface area contributed by atoms with Gasteiger partial charge in [-0.15, -0.1) is 0 Å². The lowest BCUT2D eigenvalue weighted by atomic mass is 10.1. The number of ether oxygens (including phenoxy) is 1. The van der Waals surface area contributed by atoms with Crippen molar-refractivity contribution in [2.45, 2.75) is 33.6 Å². The minimum absolute atomic E-state index is 0.380. The van der Waals surface area contributed by atoms with E-state index in [0.29, 0.717) is 6.61 Å². The van der Waals surface area contributed by atoms with Crippen molar-refractivity contribution < 1.29 is 9.53 Å². The van der Waals surface area contributed by atoms with E-state index < -0.39 is 0 Å². The van der Waals surface area contributed by atoms with E-state index >= 15 is 0 Å². The standard InChI is InChI=1S/C39H38N2O2/c1-5-39(42)43-27-7-8-32-17-25-36(26-18-32)41(35-23-15-31(4)16-24-35)38-10-6-9-37(28-38)40(33-19-11-29(2)12-20-33)34-21-13-30(3)14-22-34/h5-6,9-26,28H,1,7-8,27H2,2-4H3. The Morgan fingerprint density at radius 1 is 0.605 bits per heavy atom. The molecule has 0 fully saturated rings. The van der Waals surface area contributed by atoms with Gasteiger partial charge in [0.1, 0.15) is 0 Å². The molecule has 5 aromatic rings. The van der Waals surface area contributed by atoms with Crippen LogP contribution in [0.25, 0.3) is 0 Å². The van der Waals surface area contributed by atoms with E-state index in [1.165, 1.54) is 28.3 Å². The minimum atomic E-state index is -0.380. The molecule has 0 spiro atoms. The number of carbonyl (C=O) groups excluding carboxylic acids is 1. The number of carbonyl (C=O) groups is 1. The molecular formula is C39H38N2O2. The molecule has 0 heterocycles. The SMILES string of the molecule is C=CC(=O)OCCCc1ccc(N(c2ccc(C)cc2)c2cccc(N(c3ccc(C)cc3)c3ccc(C)cc3)c2)cc1. The lowest BCUT2D eigenvalue weighted by Gasteiger charge is -2.29. The maximum atomic E-state index is 11.3. The van der Waals surface area contributed by atoms with Crippen molar-refractivity contribution in [1.82, 2.24) is 0 Å². The third-order valence-electron chi connectivity index (χ3n) is 7.44. The average Bonchev–Trinajstić information content (AvgIpc) is 3.03. The summed E-state index contributed by atoms with van der Waals surface area (Å²) in [7, 11) is 0. The zero-order valence-corrected chi connectivity index (χ0v) is 25.2. The first-order chi connectivity index (χ1) is 20.9. The van der Waals surface area contributed by atoms with Gasteiger partial charge in [-0.2, -0.15) is 0 Å². The topological polar surface area (TPSA) is 32.8 Å². The zero-order valence-electron chi connectivity index (χ0n) is 25.2. The summed E-state index contributed by atoms with van der Waals surface area (Å²) in [6.45, 7) is 10.2. The number of esters is 1. The van der Waals surface area contributed by atoms with Crippen LogP contribution in [0.4, 0.5) is 34.1 Å². The van der Waals surface area contributed by atoms with Crippen LogP contribution in [0.3, 0.4) is 0 Å². The number of rotatable bonds is 11. The summed E-state index contributed by atoms with van der Waals surface area (Å²) < 4.78 is 5.14. The van der Waals surface area contributed by atoms with Crippen molar-refractivity contribution in [3.63, 3.8) is 0 Å². The largest absolute Gasteiger partial charge is 0.463 e. The highest BCUT2D eigenvalue weighted by molar-refractivity contribution is 5.83. The molecule has 0 aliphatic heterocycles. The molecule has 0 amide bonds. The molecule has 5 aromatic carbocycles. The van der Waals surface area contributed by atoms with Gasteiger partial charge in [0.25, 0.3) is 0 Å². The number of aryl methyl sites for hydroxylation is 4. The van der Waals surface area contributed by atoms with Crippen LogP contribution in [0.5, 0.6) is 0 Å². The van der Waals surface area contributed by atoms with Gasteiger partial charge in [-0.1, -0.05) is 77.9 Å². The molecule has 0 saturated carbocycles. The second-order valence-corrected chi connectivity index (χ2v) is 10.8. The van der Waals surface area contributed by atoms with E-state index in [1.54, 1.807) is 0 Å². The van der Waals surface area contributed by atoms with Gasteiger partial charge in [-0.3, -0.25) is 0 Å². The predicted molar refractivity (Wildman–Crippen MR) is 179 cm³/mol. The summed E-state index contributed by atoms with van der Waals surface area (Å²) in [5, 5.41) is 0. The van der Waals surface area contributed by atoms with Crippen LogP contribution < -0.4 is 9.80 Å². The Kier molecular flexibility index (Phi) is 9.38. The normalized spacial score (nSPS) is 10.7. The van der Waals surface area contributed by atoms with Gasteiger partial charge in [0.05, 0.1) is 6.61 Å². The van der Waals surface area contributed by atoms with Crippen molar-refractivity contribution in [3.8, 4) is 0 Å². The Morgan fingerprint density at radius 3 is 1.40 bits per heavy atom. The van der Waals surface area contributed by atoms with Crippen molar-refractivity contribution in [2.24, 2.45) is 0 Å². The quantitative estimate of drug-likeness (QED) is 0.0905. The fourth-order valence-corrected chi connectivity index (χ4v) is 5.07. The van der Waals surface area contributed by atoms with Crippen LogP contribution in [0.15, 0.2) is 134 Å². The van der Waals surface area contributed by atoms with E-state index in [0.717, 1.165) is 47.0 Å². The second-order valence-electron chi connectivity index (χ2n) is 10.8. The van der Waals surface area contributed by atoms with Gasteiger partial charge in [0.2, 0.25) is 0 Å². The second kappa shape index (κ2) is 13.7. The van der Waals surface area contributed by atoms with Crippen LogP contribution in [-0.4, -0.2) is 12.6 Å². The first-order valence-electron chi connectivity index (χ1n) is 14.7. The summed E-state index contributed by atoms with van der Waals surface area (Å²) in [5.41, 5.74) is 11.4. The number of hydrogen-bond acceptors (Lipinski definition) is 4. The molecule has 0 bridgehead atoms. The van der Waals surface area contributed by atoms with Crippen molar-refractivity contribution in [2.75, 3.05) is 16.4 Å². The fourth-order valence-electron chi connectivity index (χ4n) is 5.07. The predicted octanol–water partition coefficient (Wildman–Crippen LogP) is 10.2. The maximum Gasteiger partial charge on any atom is 0.330 e. The van der Waals surface area contributed by atoms with E-state index in [-0.39, 0.29) is 5.97 Å². The molecule has 4 heteroatoms.